The molecule has 1 aliphatic heterocycles. The molecule has 5 aromatic rings. The van der Waals surface area contributed by atoms with Crippen LogP contribution in [0.2, 0.25) is 0 Å². The first-order chi connectivity index (χ1) is 20.3. The Kier molecular flexibility index (Phi) is 7.29. The number of likely N-dealkylation sites (tertiary alicyclic amines) is 1. The Labute approximate surface area is 242 Å². The molecule has 1 fully saturated rings. The smallest absolute Gasteiger partial charge is 0.246 e. The quantitative estimate of drug-likeness (QED) is 0.272. The predicted octanol–water partition coefficient (Wildman–Crippen LogP) is 4.52. The van der Waals surface area contributed by atoms with E-state index in [-0.39, 0.29) is 18.7 Å². The minimum Gasteiger partial charge on any atom is -0.457 e. The Bertz CT molecular complexity index is 1770. The Morgan fingerprint density at radius 3 is 2.62 bits per heavy atom. The molecule has 12 heteroatoms. The van der Waals surface area contributed by atoms with Gasteiger partial charge in [0.2, 0.25) is 5.91 Å². The number of hydrogen-bond acceptors (Lipinski definition) is 8. The lowest BCUT2D eigenvalue weighted by Gasteiger charge is -2.36. The van der Waals surface area contributed by atoms with E-state index in [4.69, 9.17) is 4.74 Å². The minimum absolute atomic E-state index is 0.0896. The third kappa shape index (κ3) is 5.53. The number of ether oxygens (including phenoxy) is 1. The third-order valence-electron chi connectivity index (χ3n) is 7.45. The maximum atomic E-state index is 16.5. The lowest BCUT2D eigenvalue weighted by molar-refractivity contribution is -0.128. The average Bonchev–Trinajstić information content (AvgIpc) is 3.63. The minimum atomic E-state index is -1.61. The molecule has 1 aliphatic rings. The van der Waals surface area contributed by atoms with E-state index in [2.05, 4.69) is 25.5 Å². The van der Waals surface area contributed by atoms with Gasteiger partial charge in [-0.1, -0.05) is 6.08 Å². The van der Waals surface area contributed by atoms with Gasteiger partial charge in [0.15, 0.2) is 11.5 Å². The molecule has 0 bridgehead atoms. The highest BCUT2D eigenvalue weighted by atomic mass is 19.1. The zero-order valence-electron chi connectivity index (χ0n) is 23.7. The first-order valence-electron chi connectivity index (χ1n) is 13.8. The summed E-state index contributed by atoms with van der Waals surface area (Å²) < 4.78 is 25.9. The molecule has 1 amide bonds. The maximum absolute atomic E-state index is 16.5. The molecule has 216 valence electrons. The molecule has 6 rings (SSSR count). The fraction of sp³-hybridized carbons (Fsp3) is 0.300. The number of benzene rings is 1. The second kappa shape index (κ2) is 11.2. The molecule has 0 unspecified atom stereocenters. The van der Waals surface area contributed by atoms with Crippen LogP contribution in [0.25, 0.3) is 11.2 Å². The lowest BCUT2D eigenvalue weighted by Crippen LogP contribution is -2.42. The van der Waals surface area contributed by atoms with Crippen LogP contribution < -0.4 is 10.1 Å². The van der Waals surface area contributed by atoms with Crippen molar-refractivity contribution in [2.75, 3.05) is 39.0 Å². The number of alkyl halides is 1. The van der Waals surface area contributed by atoms with E-state index in [1.54, 1.807) is 38.5 Å². The van der Waals surface area contributed by atoms with Crippen molar-refractivity contribution in [1.82, 2.24) is 39.0 Å². The first-order valence-corrected chi connectivity index (χ1v) is 13.8. The Morgan fingerprint density at radius 2 is 1.83 bits per heavy atom. The van der Waals surface area contributed by atoms with Crippen LogP contribution >= 0.6 is 0 Å². The monoisotopic (exact) mass is 569 g/mol. The number of pyridine rings is 1. The normalized spacial score (nSPS) is 15.2. The van der Waals surface area contributed by atoms with Crippen molar-refractivity contribution >= 4 is 28.6 Å². The number of halogens is 1. The molecule has 0 aliphatic carbocycles. The zero-order valence-corrected chi connectivity index (χ0v) is 23.7. The molecule has 1 N–H and O–H groups in total. The summed E-state index contributed by atoms with van der Waals surface area (Å²) in [4.78, 5) is 24.9. The molecule has 0 atom stereocenters. The van der Waals surface area contributed by atoms with Crippen LogP contribution in [0.5, 0.6) is 11.5 Å². The molecule has 0 saturated carbocycles. The van der Waals surface area contributed by atoms with Gasteiger partial charge in [-0.3, -0.25) is 4.79 Å². The number of amides is 1. The van der Waals surface area contributed by atoms with Crippen molar-refractivity contribution in [3.8, 4) is 11.5 Å². The standard InChI is InChI=1S/C30H32FN9O2/c1-21-17-22(6-7-25(21)42-23-8-13-39-26(18-23)32-19-34-39)36-29-28-24(9-14-40(28)35-20-33-29)30(31)10-15-38(16-11-30)27(41)5-4-12-37(2)3/h4-9,13-14,17-20H,10-12,15-16H2,1-3H3,(H,33,35,36)/b5-4+. The van der Waals surface area contributed by atoms with Crippen LogP contribution in [0.1, 0.15) is 24.0 Å². The average molecular weight is 570 g/mol. The van der Waals surface area contributed by atoms with Crippen LogP contribution in [0, 0.1) is 6.92 Å². The van der Waals surface area contributed by atoms with E-state index in [0.29, 0.717) is 53.7 Å². The predicted molar refractivity (Wildman–Crippen MR) is 157 cm³/mol. The van der Waals surface area contributed by atoms with Crippen molar-refractivity contribution < 1.29 is 13.9 Å². The van der Waals surface area contributed by atoms with Crippen molar-refractivity contribution in [3.63, 3.8) is 0 Å². The summed E-state index contributed by atoms with van der Waals surface area (Å²) in [5.41, 5.74) is 1.85. The van der Waals surface area contributed by atoms with Crippen molar-refractivity contribution in [2.24, 2.45) is 0 Å². The number of likely N-dealkylation sites (N-methyl/N-ethyl adjacent to an activating group) is 1. The number of anilines is 2. The van der Waals surface area contributed by atoms with Crippen molar-refractivity contribution in [2.45, 2.75) is 25.4 Å². The number of hydrogen-bond donors (Lipinski definition) is 1. The number of aryl methyl sites for hydroxylation is 1. The van der Waals surface area contributed by atoms with Crippen LogP contribution in [0.15, 0.2) is 73.6 Å². The van der Waals surface area contributed by atoms with Gasteiger partial charge in [-0.15, -0.1) is 0 Å². The molecule has 11 nitrogen and oxygen atoms in total. The molecule has 1 saturated heterocycles. The summed E-state index contributed by atoms with van der Waals surface area (Å²) in [5.74, 6) is 1.76. The second-order valence-electron chi connectivity index (χ2n) is 10.7. The molecule has 5 heterocycles. The van der Waals surface area contributed by atoms with Crippen molar-refractivity contribution in [3.05, 3.63) is 84.7 Å². The van der Waals surface area contributed by atoms with E-state index in [1.807, 2.05) is 62.3 Å². The van der Waals surface area contributed by atoms with Gasteiger partial charge in [-0.25, -0.2) is 23.4 Å². The number of piperidine rings is 1. The highest BCUT2D eigenvalue weighted by Crippen LogP contribution is 2.41. The van der Waals surface area contributed by atoms with Gasteiger partial charge in [0, 0.05) is 68.3 Å². The van der Waals surface area contributed by atoms with Crippen LogP contribution in [0.4, 0.5) is 15.9 Å². The Morgan fingerprint density at radius 1 is 1.07 bits per heavy atom. The summed E-state index contributed by atoms with van der Waals surface area (Å²) in [6.07, 6.45) is 10.3. The van der Waals surface area contributed by atoms with Crippen LogP contribution in [-0.2, 0) is 10.5 Å². The number of aromatic nitrogens is 6. The van der Waals surface area contributed by atoms with Gasteiger partial charge in [-0.2, -0.15) is 10.2 Å². The lowest BCUT2D eigenvalue weighted by atomic mass is 9.86. The fourth-order valence-corrected chi connectivity index (χ4v) is 5.19. The molecule has 0 radical (unpaired) electrons. The highest BCUT2D eigenvalue weighted by molar-refractivity contribution is 5.87. The summed E-state index contributed by atoms with van der Waals surface area (Å²) in [6.45, 7) is 3.30. The number of carbonyl (C=O) groups is 1. The number of rotatable bonds is 8. The molecular weight excluding hydrogens is 537 g/mol. The number of nitrogens with zero attached hydrogens (tertiary/aromatic N) is 8. The second-order valence-corrected chi connectivity index (χ2v) is 10.7. The van der Waals surface area contributed by atoms with Crippen molar-refractivity contribution in [1.29, 1.82) is 0 Å². The highest BCUT2D eigenvalue weighted by Gasteiger charge is 2.39. The van der Waals surface area contributed by atoms with Gasteiger partial charge in [-0.05, 0) is 56.9 Å². The molecule has 42 heavy (non-hydrogen) atoms. The molecule has 4 aromatic heterocycles. The maximum Gasteiger partial charge on any atom is 0.246 e. The number of nitrogens with one attached hydrogen (secondary N) is 1. The Hall–Kier alpha value is -4.84. The van der Waals surface area contributed by atoms with Gasteiger partial charge < -0.3 is 19.9 Å². The van der Waals surface area contributed by atoms with E-state index in [9.17, 15) is 4.79 Å². The SMILES string of the molecule is Cc1cc(Nc2ncnn3ccc(C4(F)CCN(C(=O)/C=C/CN(C)C)CC4)c23)ccc1Oc1ccn2ncnc2c1. The number of carbonyl (C=O) groups excluding carboxylic acids is 1. The summed E-state index contributed by atoms with van der Waals surface area (Å²) in [5, 5.41) is 11.8. The molecular formula is C30H32FN9O2. The van der Waals surface area contributed by atoms with Gasteiger partial charge in [0.1, 0.15) is 35.3 Å². The molecule has 0 spiro atoms. The molecule has 1 aromatic carbocycles. The first kappa shape index (κ1) is 27.3. The summed E-state index contributed by atoms with van der Waals surface area (Å²) >= 11 is 0. The summed E-state index contributed by atoms with van der Waals surface area (Å²) in [6, 6.07) is 11.1. The number of fused-ring (bicyclic) bond motifs is 2. The third-order valence-corrected chi connectivity index (χ3v) is 7.45. The van der Waals surface area contributed by atoms with Gasteiger partial charge in [0.25, 0.3) is 0 Å². The summed E-state index contributed by atoms with van der Waals surface area (Å²) in [7, 11) is 3.88. The Balaban J connectivity index is 1.19. The topological polar surface area (TPSA) is 105 Å². The van der Waals surface area contributed by atoms with E-state index in [0.717, 1.165) is 11.3 Å². The largest absolute Gasteiger partial charge is 0.457 e. The van der Waals surface area contributed by atoms with Crippen LogP contribution in [0.3, 0.4) is 0 Å². The van der Waals surface area contributed by atoms with Gasteiger partial charge in [0.05, 0.1) is 0 Å². The zero-order chi connectivity index (χ0) is 29.3. The van der Waals surface area contributed by atoms with E-state index >= 15 is 4.39 Å². The fourth-order valence-electron chi connectivity index (χ4n) is 5.19. The van der Waals surface area contributed by atoms with E-state index < -0.39 is 5.67 Å². The van der Waals surface area contributed by atoms with E-state index in [1.165, 1.54) is 12.7 Å². The van der Waals surface area contributed by atoms with Gasteiger partial charge >= 0.3 is 0 Å². The van der Waals surface area contributed by atoms with Crippen LogP contribution in [-0.4, -0.2) is 78.6 Å².